The fourth-order valence-corrected chi connectivity index (χ4v) is 3.96. The molecule has 0 atom stereocenters. The predicted molar refractivity (Wildman–Crippen MR) is 86.2 cm³/mol. The van der Waals surface area contributed by atoms with Gasteiger partial charge < -0.3 is 11.1 Å². The van der Waals surface area contributed by atoms with Crippen molar-refractivity contribution in [2.75, 3.05) is 11.1 Å². The molecule has 2 heterocycles. The molecule has 0 amide bonds. The molecule has 1 aliphatic carbocycles. The van der Waals surface area contributed by atoms with Gasteiger partial charge in [0.25, 0.3) is 0 Å². The Bertz CT molecular complexity index is 599. The third-order valence-electron chi connectivity index (χ3n) is 4.30. The Morgan fingerprint density at radius 1 is 1.30 bits per heavy atom. The van der Waals surface area contributed by atoms with Crippen molar-refractivity contribution in [3.05, 3.63) is 10.9 Å². The smallest absolute Gasteiger partial charge is 0.223 e. The average molecular weight is 290 g/mol. The number of hydrogen-bond acceptors (Lipinski definition) is 5. The summed E-state index contributed by atoms with van der Waals surface area (Å²) in [5, 5.41) is 4.71. The predicted octanol–water partition coefficient (Wildman–Crippen LogP) is 3.96. The first kappa shape index (κ1) is 13.6. The molecule has 108 valence electrons. The molecule has 0 aromatic carbocycles. The minimum absolute atomic E-state index is 0.365. The van der Waals surface area contributed by atoms with Gasteiger partial charge >= 0.3 is 0 Å². The van der Waals surface area contributed by atoms with E-state index >= 15 is 0 Å². The minimum Gasteiger partial charge on any atom is -0.368 e. The molecule has 3 rings (SSSR count). The summed E-state index contributed by atoms with van der Waals surface area (Å²) in [5.41, 5.74) is 5.83. The number of aryl methyl sites for hydroxylation is 1. The van der Waals surface area contributed by atoms with Gasteiger partial charge in [0.2, 0.25) is 5.95 Å². The lowest BCUT2D eigenvalue weighted by molar-refractivity contribution is 0.330. The van der Waals surface area contributed by atoms with E-state index in [1.807, 2.05) is 0 Å². The molecular weight excluding hydrogens is 268 g/mol. The highest BCUT2D eigenvalue weighted by molar-refractivity contribution is 7.18. The minimum atomic E-state index is 0.365. The van der Waals surface area contributed by atoms with Gasteiger partial charge in [0.15, 0.2) is 0 Å². The second-order valence-electron chi connectivity index (χ2n) is 5.78. The van der Waals surface area contributed by atoms with Crippen molar-refractivity contribution in [1.29, 1.82) is 0 Å². The van der Waals surface area contributed by atoms with Gasteiger partial charge in [0, 0.05) is 10.9 Å². The number of anilines is 2. The SMILES string of the molecule is CCC1CCC(Nc2nc(N)nc3sc(C)cc23)CC1. The number of rotatable bonds is 3. The highest BCUT2D eigenvalue weighted by Crippen LogP contribution is 2.32. The van der Waals surface area contributed by atoms with Crippen molar-refractivity contribution in [1.82, 2.24) is 9.97 Å². The maximum atomic E-state index is 5.83. The first-order chi connectivity index (χ1) is 9.65. The van der Waals surface area contributed by atoms with E-state index in [1.165, 1.54) is 37.0 Å². The highest BCUT2D eigenvalue weighted by atomic mass is 32.1. The van der Waals surface area contributed by atoms with Crippen LogP contribution in [0.1, 0.15) is 43.9 Å². The Labute approximate surface area is 123 Å². The van der Waals surface area contributed by atoms with Crippen LogP contribution in [0.4, 0.5) is 11.8 Å². The Hall–Kier alpha value is -1.36. The molecule has 5 heteroatoms. The van der Waals surface area contributed by atoms with E-state index in [-0.39, 0.29) is 0 Å². The molecule has 20 heavy (non-hydrogen) atoms. The number of fused-ring (bicyclic) bond motifs is 1. The maximum absolute atomic E-state index is 5.83. The van der Waals surface area contributed by atoms with E-state index in [0.29, 0.717) is 12.0 Å². The van der Waals surface area contributed by atoms with Crippen LogP contribution in [0.15, 0.2) is 6.07 Å². The van der Waals surface area contributed by atoms with Crippen LogP contribution in [0.3, 0.4) is 0 Å². The number of thiophene rings is 1. The van der Waals surface area contributed by atoms with Crippen LogP contribution in [0, 0.1) is 12.8 Å². The number of nitrogens with one attached hydrogen (secondary N) is 1. The fraction of sp³-hybridized carbons (Fsp3) is 0.600. The standard InChI is InChI=1S/C15H22N4S/c1-3-10-4-6-11(7-5-10)17-13-12-8-9(2)20-14(12)19-15(16)18-13/h8,10-11H,3-7H2,1-2H3,(H3,16,17,18,19). The molecule has 0 aliphatic heterocycles. The zero-order valence-electron chi connectivity index (χ0n) is 12.1. The largest absolute Gasteiger partial charge is 0.368 e. The molecule has 4 nitrogen and oxygen atoms in total. The van der Waals surface area contributed by atoms with Gasteiger partial charge in [0.1, 0.15) is 10.6 Å². The zero-order chi connectivity index (χ0) is 14.1. The molecule has 0 radical (unpaired) electrons. The van der Waals surface area contributed by atoms with Gasteiger partial charge in [0.05, 0.1) is 5.39 Å². The third kappa shape index (κ3) is 2.73. The number of aromatic nitrogens is 2. The summed E-state index contributed by atoms with van der Waals surface area (Å²) in [6.07, 6.45) is 6.41. The highest BCUT2D eigenvalue weighted by Gasteiger charge is 2.21. The van der Waals surface area contributed by atoms with Crippen LogP contribution in [0.2, 0.25) is 0 Å². The van der Waals surface area contributed by atoms with Gasteiger partial charge in [-0.2, -0.15) is 4.98 Å². The van der Waals surface area contributed by atoms with Crippen LogP contribution in [-0.4, -0.2) is 16.0 Å². The summed E-state index contributed by atoms with van der Waals surface area (Å²) < 4.78 is 0. The van der Waals surface area contributed by atoms with Gasteiger partial charge in [-0.05, 0) is 44.6 Å². The molecule has 1 aliphatic rings. The number of nitrogens with zero attached hydrogens (tertiary/aromatic N) is 2. The van der Waals surface area contributed by atoms with Crippen LogP contribution in [0.5, 0.6) is 0 Å². The van der Waals surface area contributed by atoms with E-state index in [9.17, 15) is 0 Å². The summed E-state index contributed by atoms with van der Waals surface area (Å²) in [5.74, 6) is 2.19. The van der Waals surface area contributed by atoms with Crippen molar-refractivity contribution in [2.24, 2.45) is 5.92 Å². The molecular formula is C15H22N4S. The van der Waals surface area contributed by atoms with Crippen LogP contribution in [-0.2, 0) is 0 Å². The first-order valence-electron chi connectivity index (χ1n) is 7.46. The van der Waals surface area contributed by atoms with E-state index < -0.39 is 0 Å². The summed E-state index contributed by atoms with van der Waals surface area (Å²) in [4.78, 5) is 11.0. The summed E-state index contributed by atoms with van der Waals surface area (Å²) in [6.45, 7) is 4.39. The molecule has 2 aromatic rings. The van der Waals surface area contributed by atoms with Crippen LogP contribution < -0.4 is 11.1 Å². The Kier molecular flexibility index (Phi) is 3.78. The average Bonchev–Trinajstić information content (AvgIpc) is 2.80. The van der Waals surface area contributed by atoms with Crippen molar-refractivity contribution in [3.63, 3.8) is 0 Å². The van der Waals surface area contributed by atoms with E-state index in [4.69, 9.17) is 5.73 Å². The molecule has 0 bridgehead atoms. The Morgan fingerprint density at radius 2 is 2.05 bits per heavy atom. The normalized spacial score (nSPS) is 23.1. The van der Waals surface area contributed by atoms with E-state index in [2.05, 4.69) is 35.2 Å². The quantitative estimate of drug-likeness (QED) is 0.898. The van der Waals surface area contributed by atoms with Crippen LogP contribution in [0.25, 0.3) is 10.2 Å². The molecule has 3 N–H and O–H groups in total. The third-order valence-corrected chi connectivity index (χ3v) is 5.24. The van der Waals surface area contributed by atoms with Crippen LogP contribution >= 0.6 is 11.3 Å². The molecule has 0 unspecified atom stereocenters. The van der Waals surface area contributed by atoms with Crippen molar-refractivity contribution >= 4 is 33.3 Å². The Balaban J connectivity index is 1.80. The molecule has 2 aromatic heterocycles. The molecule has 1 fully saturated rings. The second kappa shape index (κ2) is 5.56. The Morgan fingerprint density at radius 3 is 2.75 bits per heavy atom. The second-order valence-corrected chi connectivity index (χ2v) is 7.01. The maximum Gasteiger partial charge on any atom is 0.223 e. The summed E-state index contributed by atoms with van der Waals surface area (Å²) in [6, 6.07) is 2.68. The lowest BCUT2D eigenvalue weighted by atomic mass is 9.84. The van der Waals surface area contributed by atoms with Gasteiger partial charge in [-0.1, -0.05) is 13.3 Å². The monoisotopic (exact) mass is 290 g/mol. The van der Waals surface area contributed by atoms with E-state index in [1.54, 1.807) is 11.3 Å². The number of nitrogens with two attached hydrogens (primary N) is 1. The lowest BCUT2D eigenvalue weighted by Gasteiger charge is -2.28. The number of hydrogen-bond donors (Lipinski definition) is 2. The molecule has 0 spiro atoms. The zero-order valence-corrected chi connectivity index (χ0v) is 13.0. The van der Waals surface area contributed by atoms with Crippen molar-refractivity contribution in [2.45, 2.75) is 52.0 Å². The lowest BCUT2D eigenvalue weighted by Crippen LogP contribution is -2.26. The van der Waals surface area contributed by atoms with Crippen molar-refractivity contribution < 1.29 is 0 Å². The van der Waals surface area contributed by atoms with Gasteiger partial charge in [-0.3, -0.25) is 0 Å². The molecule has 1 saturated carbocycles. The summed E-state index contributed by atoms with van der Waals surface area (Å²) >= 11 is 1.68. The molecule has 0 saturated heterocycles. The van der Waals surface area contributed by atoms with Crippen molar-refractivity contribution in [3.8, 4) is 0 Å². The first-order valence-corrected chi connectivity index (χ1v) is 8.27. The van der Waals surface area contributed by atoms with E-state index in [0.717, 1.165) is 22.0 Å². The van der Waals surface area contributed by atoms with Gasteiger partial charge in [-0.25, -0.2) is 4.98 Å². The van der Waals surface area contributed by atoms with Gasteiger partial charge in [-0.15, -0.1) is 11.3 Å². The number of nitrogen functional groups attached to an aromatic ring is 1. The summed E-state index contributed by atoms with van der Waals surface area (Å²) in [7, 11) is 0. The topological polar surface area (TPSA) is 63.8 Å². The fourth-order valence-electron chi connectivity index (χ4n) is 3.08.